The SMILES string of the molecule is CC1CCC(O)C(N(C)C2CCC2)C1. The molecule has 2 aliphatic carbocycles. The van der Waals surface area contributed by atoms with Crippen LogP contribution in [0.3, 0.4) is 0 Å². The van der Waals surface area contributed by atoms with Crippen LogP contribution in [-0.2, 0) is 0 Å². The molecule has 0 bridgehead atoms. The van der Waals surface area contributed by atoms with Gasteiger partial charge < -0.3 is 5.11 Å². The summed E-state index contributed by atoms with van der Waals surface area (Å²) in [7, 11) is 2.20. The van der Waals surface area contributed by atoms with E-state index < -0.39 is 0 Å². The molecule has 3 atom stereocenters. The Bertz CT molecular complexity index is 191. The average Bonchev–Trinajstić information content (AvgIpc) is 2.06. The van der Waals surface area contributed by atoms with Crippen LogP contribution in [0.2, 0.25) is 0 Å². The predicted octanol–water partition coefficient (Wildman–Crippen LogP) is 2.02. The smallest absolute Gasteiger partial charge is 0.0695 e. The molecule has 0 radical (unpaired) electrons. The molecule has 0 aromatic carbocycles. The van der Waals surface area contributed by atoms with E-state index in [1.54, 1.807) is 0 Å². The molecule has 14 heavy (non-hydrogen) atoms. The molecule has 0 saturated heterocycles. The largest absolute Gasteiger partial charge is 0.391 e. The Labute approximate surface area is 87.3 Å². The van der Waals surface area contributed by atoms with E-state index in [9.17, 15) is 5.11 Å². The van der Waals surface area contributed by atoms with Crippen LogP contribution in [0.5, 0.6) is 0 Å². The highest BCUT2D eigenvalue weighted by atomic mass is 16.3. The first kappa shape index (κ1) is 10.4. The van der Waals surface area contributed by atoms with Crippen molar-refractivity contribution in [3.63, 3.8) is 0 Å². The van der Waals surface area contributed by atoms with Crippen LogP contribution in [0, 0.1) is 5.92 Å². The first-order valence-electron chi connectivity index (χ1n) is 6.08. The van der Waals surface area contributed by atoms with Crippen molar-refractivity contribution >= 4 is 0 Å². The fraction of sp³-hybridized carbons (Fsp3) is 1.00. The van der Waals surface area contributed by atoms with Crippen molar-refractivity contribution in [1.82, 2.24) is 4.90 Å². The van der Waals surface area contributed by atoms with Gasteiger partial charge in [0.1, 0.15) is 0 Å². The Kier molecular flexibility index (Phi) is 3.13. The van der Waals surface area contributed by atoms with Crippen LogP contribution < -0.4 is 0 Å². The molecule has 0 aliphatic heterocycles. The van der Waals surface area contributed by atoms with Crippen LogP contribution >= 0.6 is 0 Å². The van der Waals surface area contributed by atoms with Gasteiger partial charge in [0.05, 0.1) is 6.10 Å². The summed E-state index contributed by atoms with van der Waals surface area (Å²) in [5.74, 6) is 0.797. The lowest BCUT2D eigenvalue weighted by Crippen LogP contribution is -2.51. The Morgan fingerprint density at radius 2 is 1.86 bits per heavy atom. The van der Waals surface area contributed by atoms with Crippen molar-refractivity contribution in [1.29, 1.82) is 0 Å². The van der Waals surface area contributed by atoms with Gasteiger partial charge in [-0.25, -0.2) is 0 Å². The van der Waals surface area contributed by atoms with Crippen LogP contribution in [-0.4, -0.2) is 35.2 Å². The van der Waals surface area contributed by atoms with Crippen molar-refractivity contribution in [2.24, 2.45) is 5.92 Å². The lowest BCUT2D eigenvalue weighted by Gasteiger charge is -2.44. The number of hydrogen-bond donors (Lipinski definition) is 1. The maximum absolute atomic E-state index is 9.98. The van der Waals surface area contributed by atoms with E-state index in [1.807, 2.05) is 0 Å². The molecule has 0 heterocycles. The number of rotatable bonds is 2. The summed E-state index contributed by atoms with van der Waals surface area (Å²) in [5.41, 5.74) is 0. The minimum absolute atomic E-state index is 0.0724. The molecular formula is C12H23NO. The minimum atomic E-state index is -0.0724. The van der Waals surface area contributed by atoms with Crippen molar-refractivity contribution in [2.45, 2.75) is 63.6 Å². The van der Waals surface area contributed by atoms with E-state index >= 15 is 0 Å². The summed E-state index contributed by atoms with van der Waals surface area (Å²) in [6.45, 7) is 2.31. The van der Waals surface area contributed by atoms with Gasteiger partial charge in [-0.1, -0.05) is 13.3 Å². The molecule has 0 spiro atoms. The van der Waals surface area contributed by atoms with Crippen LogP contribution in [0.4, 0.5) is 0 Å². The van der Waals surface area contributed by atoms with E-state index in [0.717, 1.165) is 18.4 Å². The standard InChI is InChI=1S/C12H23NO/c1-9-6-7-12(14)11(8-9)13(2)10-4-3-5-10/h9-12,14H,3-8H2,1-2H3. The van der Waals surface area contributed by atoms with Gasteiger partial charge in [-0.15, -0.1) is 0 Å². The van der Waals surface area contributed by atoms with E-state index in [-0.39, 0.29) is 6.10 Å². The zero-order valence-corrected chi connectivity index (χ0v) is 9.45. The lowest BCUT2D eigenvalue weighted by atomic mass is 9.81. The fourth-order valence-corrected chi connectivity index (χ4v) is 2.84. The first-order chi connectivity index (χ1) is 6.68. The Hall–Kier alpha value is -0.0800. The Balaban J connectivity index is 1.92. The zero-order chi connectivity index (χ0) is 10.1. The van der Waals surface area contributed by atoms with Gasteiger partial charge in [0.15, 0.2) is 0 Å². The molecule has 2 saturated carbocycles. The molecule has 2 rings (SSSR count). The van der Waals surface area contributed by atoms with Crippen molar-refractivity contribution < 1.29 is 5.11 Å². The minimum Gasteiger partial charge on any atom is -0.391 e. The predicted molar refractivity (Wildman–Crippen MR) is 58.2 cm³/mol. The highest BCUT2D eigenvalue weighted by molar-refractivity contribution is 4.89. The van der Waals surface area contributed by atoms with Gasteiger partial charge in [0, 0.05) is 12.1 Å². The van der Waals surface area contributed by atoms with E-state index in [4.69, 9.17) is 0 Å². The third kappa shape index (κ3) is 1.96. The Morgan fingerprint density at radius 3 is 2.43 bits per heavy atom. The van der Waals surface area contributed by atoms with Crippen molar-refractivity contribution in [3.8, 4) is 0 Å². The summed E-state index contributed by atoms with van der Waals surface area (Å²) in [6.07, 6.45) is 7.39. The summed E-state index contributed by atoms with van der Waals surface area (Å²) in [5, 5.41) is 9.98. The van der Waals surface area contributed by atoms with Gasteiger partial charge in [0.2, 0.25) is 0 Å². The lowest BCUT2D eigenvalue weighted by molar-refractivity contribution is -0.0163. The van der Waals surface area contributed by atoms with Gasteiger partial charge >= 0.3 is 0 Å². The highest BCUT2D eigenvalue weighted by Crippen LogP contribution is 2.32. The molecule has 2 fully saturated rings. The quantitative estimate of drug-likeness (QED) is 0.732. The van der Waals surface area contributed by atoms with Crippen LogP contribution in [0.15, 0.2) is 0 Å². The second-order valence-corrected chi connectivity index (χ2v) is 5.30. The summed E-state index contributed by atoms with van der Waals surface area (Å²) in [4.78, 5) is 2.45. The van der Waals surface area contributed by atoms with Crippen LogP contribution in [0.25, 0.3) is 0 Å². The molecule has 0 aromatic rings. The van der Waals surface area contributed by atoms with Crippen LogP contribution in [0.1, 0.15) is 45.4 Å². The maximum Gasteiger partial charge on any atom is 0.0695 e. The zero-order valence-electron chi connectivity index (χ0n) is 9.45. The number of nitrogens with zero attached hydrogens (tertiary/aromatic N) is 1. The molecule has 0 aromatic heterocycles. The van der Waals surface area contributed by atoms with Crippen molar-refractivity contribution in [2.75, 3.05) is 7.05 Å². The second-order valence-electron chi connectivity index (χ2n) is 5.30. The Morgan fingerprint density at radius 1 is 1.14 bits per heavy atom. The van der Waals surface area contributed by atoms with E-state index in [0.29, 0.717) is 6.04 Å². The molecule has 1 N–H and O–H groups in total. The molecule has 3 unspecified atom stereocenters. The first-order valence-corrected chi connectivity index (χ1v) is 6.08. The molecule has 0 amide bonds. The third-order valence-corrected chi connectivity index (χ3v) is 4.22. The number of likely N-dealkylation sites (N-methyl/N-ethyl adjacent to an activating group) is 1. The van der Waals surface area contributed by atoms with Crippen molar-refractivity contribution in [3.05, 3.63) is 0 Å². The van der Waals surface area contributed by atoms with Gasteiger partial charge in [-0.3, -0.25) is 4.90 Å². The summed E-state index contributed by atoms with van der Waals surface area (Å²) in [6, 6.07) is 1.20. The molecule has 2 aliphatic rings. The third-order valence-electron chi connectivity index (χ3n) is 4.22. The molecule has 82 valence electrons. The monoisotopic (exact) mass is 197 g/mol. The number of hydrogen-bond acceptors (Lipinski definition) is 2. The molecule has 2 heteroatoms. The van der Waals surface area contributed by atoms with Gasteiger partial charge in [0.25, 0.3) is 0 Å². The van der Waals surface area contributed by atoms with E-state index in [2.05, 4.69) is 18.9 Å². The maximum atomic E-state index is 9.98. The number of aliphatic hydroxyl groups is 1. The topological polar surface area (TPSA) is 23.5 Å². The van der Waals surface area contributed by atoms with Gasteiger partial charge in [-0.05, 0) is 45.1 Å². The summed E-state index contributed by atoms with van der Waals surface area (Å²) >= 11 is 0. The van der Waals surface area contributed by atoms with Gasteiger partial charge in [-0.2, -0.15) is 0 Å². The molecular weight excluding hydrogens is 174 g/mol. The fourth-order valence-electron chi connectivity index (χ4n) is 2.84. The van der Waals surface area contributed by atoms with E-state index in [1.165, 1.54) is 32.1 Å². The molecule has 2 nitrogen and oxygen atoms in total. The average molecular weight is 197 g/mol. The normalized spacial score (nSPS) is 39.9. The second kappa shape index (κ2) is 4.19. The highest BCUT2D eigenvalue weighted by Gasteiger charge is 2.34. The number of aliphatic hydroxyl groups excluding tert-OH is 1. The summed E-state index contributed by atoms with van der Waals surface area (Å²) < 4.78 is 0.